The highest BCUT2D eigenvalue weighted by molar-refractivity contribution is 4.91. The first-order chi connectivity index (χ1) is 8.17. The zero-order chi connectivity index (χ0) is 12.3. The van der Waals surface area contributed by atoms with Gasteiger partial charge in [-0.15, -0.1) is 0 Å². The van der Waals surface area contributed by atoms with Gasteiger partial charge in [0.1, 0.15) is 0 Å². The molecule has 1 N–H and O–H groups in total. The summed E-state index contributed by atoms with van der Waals surface area (Å²) in [6, 6.07) is 0.777. The van der Waals surface area contributed by atoms with E-state index in [2.05, 4.69) is 31.0 Å². The molecule has 0 aromatic rings. The number of likely N-dealkylation sites (tertiary alicyclic amines) is 1. The summed E-state index contributed by atoms with van der Waals surface area (Å²) >= 11 is 0. The maximum atomic E-state index is 3.50. The minimum atomic E-state index is 0.705. The van der Waals surface area contributed by atoms with E-state index in [-0.39, 0.29) is 0 Å². The van der Waals surface area contributed by atoms with Crippen LogP contribution in [-0.4, -0.2) is 37.1 Å². The summed E-state index contributed by atoms with van der Waals surface area (Å²) < 4.78 is 0. The van der Waals surface area contributed by atoms with E-state index >= 15 is 0 Å². The van der Waals surface area contributed by atoms with Gasteiger partial charge in [-0.1, -0.05) is 20.3 Å². The van der Waals surface area contributed by atoms with Crippen LogP contribution >= 0.6 is 0 Å². The van der Waals surface area contributed by atoms with Gasteiger partial charge in [0.05, 0.1) is 0 Å². The normalized spacial score (nSPS) is 29.1. The molecule has 100 valence electrons. The molecule has 2 saturated heterocycles. The molecule has 0 bridgehead atoms. The van der Waals surface area contributed by atoms with Crippen LogP contribution in [-0.2, 0) is 0 Å². The Labute approximate surface area is 107 Å². The Morgan fingerprint density at radius 1 is 1.06 bits per heavy atom. The average molecular weight is 238 g/mol. The van der Waals surface area contributed by atoms with E-state index < -0.39 is 0 Å². The highest BCUT2D eigenvalue weighted by Gasteiger charge is 2.36. The lowest BCUT2D eigenvalue weighted by molar-refractivity contribution is 0.0399. The van der Waals surface area contributed by atoms with E-state index in [9.17, 15) is 0 Å². The fourth-order valence-corrected chi connectivity index (χ4v) is 3.56. The van der Waals surface area contributed by atoms with Gasteiger partial charge in [0.25, 0.3) is 0 Å². The molecule has 0 saturated carbocycles. The Bertz CT molecular complexity index is 223. The summed E-state index contributed by atoms with van der Waals surface area (Å²) in [6.07, 6.45) is 7.02. The molecular formula is C15H30N2. The zero-order valence-electron chi connectivity index (χ0n) is 12.0. The monoisotopic (exact) mass is 238 g/mol. The van der Waals surface area contributed by atoms with Crippen LogP contribution in [0.1, 0.15) is 52.9 Å². The molecule has 2 unspecified atom stereocenters. The van der Waals surface area contributed by atoms with E-state index in [0.717, 1.165) is 12.0 Å². The molecule has 1 spiro atoms. The zero-order valence-corrected chi connectivity index (χ0v) is 12.0. The Kier molecular flexibility index (Phi) is 4.48. The topological polar surface area (TPSA) is 15.3 Å². The molecule has 0 amide bonds. The third-order valence-corrected chi connectivity index (χ3v) is 5.57. The van der Waals surface area contributed by atoms with Gasteiger partial charge in [-0.05, 0) is 70.1 Å². The second-order valence-corrected chi connectivity index (χ2v) is 6.41. The Balaban J connectivity index is 1.84. The summed E-state index contributed by atoms with van der Waals surface area (Å²) in [6.45, 7) is 12.3. The van der Waals surface area contributed by atoms with Crippen molar-refractivity contribution in [2.75, 3.05) is 26.2 Å². The van der Waals surface area contributed by atoms with Crippen molar-refractivity contribution in [1.82, 2.24) is 10.2 Å². The van der Waals surface area contributed by atoms with E-state index in [4.69, 9.17) is 0 Å². The van der Waals surface area contributed by atoms with E-state index in [1.165, 1.54) is 58.3 Å². The van der Waals surface area contributed by atoms with E-state index in [0.29, 0.717) is 5.41 Å². The standard InChI is InChI=1S/C15H30N2/c1-4-13(2)14(3)17-11-7-15(8-12-17)5-9-16-10-6-15/h13-14,16H,4-12H2,1-3H3. The second-order valence-electron chi connectivity index (χ2n) is 6.41. The van der Waals surface area contributed by atoms with Crippen molar-refractivity contribution in [1.29, 1.82) is 0 Å². The van der Waals surface area contributed by atoms with Gasteiger partial charge >= 0.3 is 0 Å². The lowest BCUT2D eigenvalue weighted by Crippen LogP contribution is -2.49. The van der Waals surface area contributed by atoms with Crippen molar-refractivity contribution in [3.63, 3.8) is 0 Å². The summed E-state index contributed by atoms with van der Waals surface area (Å²) in [4.78, 5) is 2.74. The highest BCUT2D eigenvalue weighted by Crippen LogP contribution is 2.40. The van der Waals surface area contributed by atoms with Crippen molar-refractivity contribution in [3.05, 3.63) is 0 Å². The third kappa shape index (κ3) is 3.03. The van der Waals surface area contributed by atoms with Crippen molar-refractivity contribution in [2.45, 2.75) is 58.9 Å². The Morgan fingerprint density at radius 3 is 2.18 bits per heavy atom. The lowest BCUT2D eigenvalue weighted by atomic mass is 9.71. The number of hydrogen-bond acceptors (Lipinski definition) is 2. The predicted octanol–water partition coefficient (Wildman–Crippen LogP) is 2.89. The average Bonchev–Trinajstić information content (AvgIpc) is 2.39. The SMILES string of the molecule is CCC(C)C(C)N1CCC2(CCNCC2)CC1. The van der Waals surface area contributed by atoms with Gasteiger partial charge in [0, 0.05) is 6.04 Å². The van der Waals surface area contributed by atoms with E-state index in [1.54, 1.807) is 0 Å². The highest BCUT2D eigenvalue weighted by atomic mass is 15.2. The molecule has 17 heavy (non-hydrogen) atoms. The Morgan fingerprint density at radius 2 is 1.65 bits per heavy atom. The predicted molar refractivity (Wildman–Crippen MR) is 74.3 cm³/mol. The molecule has 2 heteroatoms. The molecule has 2 rings (SSSR count). The number of piperidine rings is 2. The molecule has 0 aromatic heterocycles. The van der Waals surface area contributed by atoms with Gasteiger partial charge in [0.2, 0.25) is 0 Å². The fourth-order valence-electron chi connectivity index (χ4n) is 3.56. The summed E-state index contributed by atoms with van der Waals surface area (Å²) in [5.74, 6) is 0.845. The molecule has 2 atom stereocenters. The molecule has 0 aromatic carbocycles. The summed E-state index contributed by atoms with van der Waals surface area (Å²) in [5.41, 5.74) is 0.705. The minimum Gasteiger partial charge on any atom is -0.317 e. The molecule has 2 aliphatic rings. The van der Waals surface area contributed by atoms with Gasteiger partial charge in [-0.3, -0.25) is 0 Å². The van der Waals surface area contributed by atoms with Crippen molar-refractivity contribution >= 4 is 0 Å². The van der Waals surface area contributed by atoms with Crippen molar-refractivity contribution < 1.29 is 0 Å². The fraction of sp³-hybridized carbons (Fsp3) is 1.00. The molecule has 2 heterocycles. The van der Waals surface area contributed by atoms with E-state index in [1.807, 2.05) is 0 Å². The molecular weight excluding hydrogens is 208 g/mol. The van der Waals surface area contributed by atoms with Crippen LogP contribution in [0.5, 0.6) is 0 Å². The molecule has 2 fully saturated rings. The first kappa shape index (κ1) is 13.4. The van der Waals surface area contributed by atoms with Gasteiger partial charge < -0.3 is 10.2 Å². The first-order valence-electron chi connectivity index (χ1n) is 7.62. The van der Waals surface area contributed by atoms with Gasteiger partial charge in [-0.2, -0.15) is 0 Å². The van der Waals surface area contributed by atoms with Crippen LogP contribution in [0.4, 0.5) is 0 Å². The number of nitrogens with zero attached hydrogens (tertiary/aromatic N) is 1. The van der Waals surface area contributed by atoms with Crippen LogP contribution in [0.15, 0.2) is 0 Å². The molecule has 2 aliphatic heterocycles. The maximum Gasteiger partial charge on any atom is 0.00924 e. The number of hydrogen-bond donors (Lipinski definition) is 1. The third-order valence-electron chi connectivity index (χ3n) is 5.57. The molecule has 2 nitrogen and oxygen atoms in total. The first-order valence-corrected chi connectivity index (χ1v) is 7.62. The second kappa shape index (κ2) is 5.71. The van der Waals surface area contributed by atoms with Gasteiger partial charge in [-0.25, -0.2) is 0 Å². The number of rotatable bonds is 3. The van der Waals surface area contributed by atoms with Crippen molar-refractivity contribution in [3.8, 4) is 0 Å². The van der Waals surface area contributed by atoms with Crippen molar-refractivity contribution in [2.24, 2.45) is 11.3 Å². The lowest BCUT2D eigenvalue weighted by Gasteiger charge is -2.47. The molecule has 0 aliphatic carbocycles. The van der Waals surface area contributed by atoms with Gasteiger partial charge in [0.15, 0.2) is 0 Å². The van der Waals surface area contributed by atoms with Crippen LogP contribution < -0.4 is 5.32 Å². The minimum absolute atomic E-state index is 0.705. The number of nitrogens with one attached hydrogen (secondary N) is 1. The maximum absolute atomic E-state index is 3.50. The largest absolute Gasteiger partial charge is 0.317 e. The van der Waals surface area contributed by atoms with Crippen LogP contribution in [0.2, 0.25) is 0 Å². The quantitative estimate of drug-likeness (QED) is 0.813. The Hall–Kier alpha value is -0.0800. The summed E-state index contributed by atoms with van der Waals surface area (Å²) in [5, 5.41) is 3.50. The van der Waals surface area contributed by atoms with Crippen LogP contribution in [0.25, 0.3) is 0 Å². The van der Waals surface area contributed by atoms with Crippen LogP contribution in [0.3, 0.4) is 0 Å². The smallest absolute Gasteiger partial charge is 0.00924 e. The molecule has 0 radical (unpaired) electrons. The van der Waals surface area contributed by atoms with Crippen LogP contribution in [0, 0.1) is 11.3 Å². The summed E-state index contributed by atoms with van der Waals surface area (Å²) in [7, 11) is 0.